The molecule has 0 fully saturated rings. The van der Waals surface area contributed by atoms with Crippen LogP contribution in [0, 0.1) is 0 Å². The Kier molecular flexibility index (Phi) is 11.0. The molecule has 0 saturated heterocycles. The van der Waals surface area contributed by atoms with E-state index in [1.807, 2.05) is 36.4 Å². The first-order valence-corrected chi connectivity index (χ1v) is 15.5. The normalized spacial score (nSPS) is 14.7. The third-order valence-corrected chi connectivity index (χ3v) is 11.4. The molecule has 0 aliphatic heterocycles. The second-order valence-corrected chi connectivity index (χ2v) is 17.8. The molecule has 0 saturated carbocycles. The van der Waals surface area contributed by atoms with E-state index in [1.54, 1.807) is 0 Å². The van der Waals surface area contributed by atoms with Crippen molar-refractivity contribution in [3.8, 4) is 0 Å². The molecule has 0 radical (unpaired) electrons. The summed E-state index contributed by atoms with van der Waals surface area (Å²) in [6, 6.07) is 15.9. The Bertz CT molecular complexity index is 882. The van der Waals surface area contributed by atoms with Crippen LogP contribution in [0.5, 0.6) is 0 Å². The lowest BCUT2D eigenvalue weighted by atomic mass is 9.86. The average Bonchev–Trinajstić information content (AvgIpc) is 2.75. The second kappa shape index (κ2) is 12.2. The van der Waals surface area contributed by atoms with Crippen molar-refractivity contribution in [1.82, 2.24) is 0 Å². The van der Waals surface area contributed by atoms with Gasteiger partial charge in [0.15, 0.2) is 8.32 Å². The Labute approximate surface area is 215 Å². The summed E-state index contributed by atoms with van der Waals surface area (Å²) in [6.07, 6.45) is -1.31. The van der Waals surface area contributed by atoms with E-state index in [0.29, 0.717) is 6.61 Å². The molecule has 2 unspecified atom stereocenters. The number of aliphatic hydroxyl groups excluding tert-OH is 3. The topological polar surface area (TPSA) is 69.9 Å². The van der Waals surface area contributed by atoms with Crippen molar-refractivity contribution < 1.29 is 19.7 Å². The summed E-state index contributed by atoms with van der Waals surface area (Å²) >= 11 is 0. The standard InChI is InChI=1S/C18H32O2Si.C12H18O2/c1-17(2,3)15-11-9-14(10-12-15)16(19)13-20-21(7,8)18(4,5)6;1-12(2,3)10-6-4-9(5-7-10)11(14)8-13/h9-12,16,19H,13H2,1-8H3;4-7,11,13-14H,8H2,1-3H3. The van der Waals surface area contributed by atoms with Gasteiger partial charge in [0.1, 0.15) is 12.2 Å². The maximum atomic E-state index is 10.3. The number of hydrogen-bond donors (Lipinski definition) is 3. The van der Waals surface area contributed by atoms with Crippen LogP contribution in [0.15, 0.2) is 48.5 Å². The largest absolute Gasteiger partial charge is 0.414 e. The fourth-order valence-electron chi connectivity index (χ4n) is 3.12. The lowest BCUT2D eigenvalue weighted by Crippen LogP contribution is -2.41. The van der Waals surface area contributed by atoms with E-state index in [9.17, 15) is 10.2 Å². The predicted octanol–water partition coefficient (Wildman–Crippen LogP) is 7.05. The summed E-state index contributed by atoms with van der Waals surface area (Å²) in [7, 11) is -1.80. The van der Waals surface area contributed by atoms with Crippen LogP contribution in [0.3, 0.4) is 0 Å². The summed E-state index contributed by atoms with van der Waals surface area (Å²) in [4.78, 5) is 0. The highest BCUT2D eigenvalue weighted by molar-refractivity contribution is 6.74. The molecule has 2 rings (SSSR count). The SMILES string of the molecule is CC(C)(C)c1ccc(C(O)CO)cc1.CC(C)(C)c1ccc(C(O)CO[Si](C)(C)C(C)(C)C)cc1. The monoisotopic (exact) mass is 502 g/mol. The lowest BCUT2D eigenvalue weighted by molar-refractivity contribution is 0.0956. The van der Waals surface area contributed by atoms with E-state index in [0.717, 1.165) is 11.1 Å². The summed E-state index contributed by atoms with van der Waals surface area (Å²) in [5.74, 6) is 0. The van der Waals surface area contributed by atoms with Crippen LogP contribution in [-0.4, -0.2) is 36.9 Å². The van der Waals surface area contributed by atoms with Crippen LogP contribution in [0.4, 0.5) is 0 Å². The molecule has 0 amide bonds. The minimum atomic E-state index is -1.80. The molecule has 0 bridgehead atoms. The molecule has 3 N–H and O–H groups in total. The van der Waals surface area contributed by atoms with Crippen molar-refractivity contribution >= 4 is 8.32 Å². The molecule has 198 valence electrons. The highest BCUT2D eigenvalue weighted by Crippen LogP contribution is 2.37. The molecule has 2 aromatic carbocycles. The van der Waals surface area contributed by atoms with Gasteiger partial charge < -0.3 is 19.7 Å². The Hall–Kier alpha value is -1.50. The molecule has 5 heteroatoms. The van der Waals surface area contributed by atoms with Crippen molar-refractivity contribution in [3.63, 3.8) is 0 Å². The highest BCUT2D eigenvalue weighted by Gasteiger charge is 2.37. The third kappa shape index (κ3) is 9.81. The van der Waals surface area contributed by atoms with E-state index < -0.39 is 20.5 Å². The van der Waals surface area contributed by atoms with Gasteiger partial charge >= 0.3 is 0 Å². The summed E-state index contributed by atoms with van der Waals surface area (Å²) in [5, 5.41) is 28.7. The van der Waals surface area contributed by atoms with Gasteiger partial charge in [-0.3, -0.25) is 0 Å². The second-order valence-electron chi connectivity index (χ2n) is 13.0. The van der Waals surface area contributed by atoms with Crippen LogP contribution in [-0.2, 0) is 15.3 Å². The summed E-state index contributed by atoms with van der Waals surface area (Å²) in [6.45, 7) is 24.2. The van der Waals surface area contributed by atoms with Gasteiger partial charge in [0.25, 0.3) is 0 Å². The maximum Gasteiger partial charge on any atom is 0.192 e. The minimum Gasteiger partial charge on any atom is -0.414 e. The van der Waals surface area contributed by atoms with E-state index in [4.69, 9.17) is 9.53 Å². The molecular formula is C30H50O4Si. The van der Waals surface area contributed by atoms with Crippen molar-refractivity contribution in [3.05, 3.63) is 70.8 Å². The van der Waals surface area contributed by atoms with Gasteiger partial charge in [0.05, 0.1) is 13.2 Å². The van der Waals surface area contributed by atoms with Crippen LogP contribution in [0.1, 0.15) is 96.8 Å². The zero-order chi connectivity index (χ0) is 27.2. The van der Waals surface area contributed by atoms with Crippen molar-refractivity contribution in [2.75, 3.05) is 13.2 Å². The quantitative estimate of drug-likeness (QED) is 0.370. The fourth-order valence-corrected chi connectivity index (χ4v) is 4.12. The fraction of sp³-hybridized carbons (Fsp3) is 0.600. The molecular weight excluding hydrogens is 452 g/mol. The molecule has 0 aliphatic rings. The van der Waals surface area contributed by atoms with Crippen LogP contribution in [0.2, 0.25) is 18.1 Å². The van der Waals surface area contributed by atoms with E-state index in [1.165, 1.54) is 11.1 Å². The van der Waals surface area contributed by atoms with E-state index >= 15 is 0 Å². The van der Waals surface area contributed by atoms with Crippen LogP contribution in [0.25, 0.3) is 0 Å². The Morgan fingerprint density at radius 3 is 1.29 bits per heavy atom. The Morgan fingerprint density at radius 2 is 1.00 bits per heavy atom. The van der Waals surface area contributed by atoms with Crippen LogP contribution < -0.4 is 0 Å². The zero-order valence-corrected chi connectivity index (χ0v) is 24.9. The van der Waals surface area contributed by atoms with Gasteiger partial charge in [0, 0.05) is 0 Å². The van der Waals surface area contributed by atoms with Gasteiger partial charge in [-0.25, -0.2) is 0 Å². The Balaban J connectivity index is 0.000000379. The third-order valence-electron chi connectivity index (χ3n) is 6.90. The van der Waals surface area contributed by atoms with Gasteiger partial charge in [-0.2, -0.15) is 0 Å². The molecule has 35 heavy (non-hydrogen) atoms. The van der Waals surface area contributed by atoms with Crippen LogP contribution >= 0.6 is 0 Å². The van der Waals surface area contributed by atoms with Gasteiger partial charge in [-0.15, -0.1) is 0 Å². The molecule has 0 spiro atoms. The lowest BCUT2D eigenvalue weighted by Gasteiger charge is -2.36. The Morgan fingerprint density at radius 1 is 0.657 bits per heavy atom. The van der Waals surface area contributed by atoms with Crippen molar-refractivity contribution in [2.24, 2.45) is 0 Å². The first kappa shape index (κ1) is 31.5. The molecule has 0 aromatic heterocycles. The first-order valence-electron chi connectivity index (χ1n) is 12.6. The molecule has 0 heterocycles. The smallest absolute Gasteiger partial charge is 0.192 e. The summed E-state index contributed by atoms with van der Waals surface area (Å²) < 4.78 is 6.10. The first-order chi connectivity index (χ1) is 15.8. The molecule has 2 aromatic rings. The number of aliphatic hydroxyl groups is 3. The number of hydrogen-bond acceptors (Lipinski definition) is 4. The van der Waals surface area contributed by atoms with Gasteiger partial charge in [-0.05, 0) is 51.2 Å². The maximum absolute atomic E-state index is 10.3. The number of rotatable bonds is 6. The van der Waals surface area contributed by atoms with E-state index in [2.05, 4.69) is 87.5 Å². The molecule has 4 nitrogen and oxygen atoms in total. The highest BCUT2D eigenvalue weighted by atomic mass is 28.4. The molecule has 0 aliphatic carbocycles. The van der Waals surface area contributed by atoms with Gasteiger partial charge in [-0.1, -0.05) is 111 Å². The van der Waals surface area contributed by atoms with Crippen molar-refractivity contribution in [1.29, 1.82) is 0 Å². The summed E-state index contributed by atoms with van der Waals surface area (Å²) in [5.41, 5.74) is 4.47. The number of benzene rings is 2. The van der Waals surface area contributed by atoms with Crippen molar-refractivity contribution in [2.45, 2.75) is 103 Å². The molecule has 2 atom stereocenters. The van der Waals surface area contributed by atoms with E-state index in [-0.39, 0.29) is 22.5 Å². The minimum absolute atomic E-state index is 0.128. The van der Waals surface area contributed by atoms with Gasteiger partial charge in [0.2, 0.25) is 0 Å². The zero-order valence-electron chi connectivity index (χ0n) is 23.9. The predicted molar refractivity (Wildman–Crippen MR) is 150 cm³/mol. The average molecular weight is 503 g/mol.